The summed E-state index contributed by atoms with van der Waals surface area (Å²) in [5.74, 6) is -0.00285. The minimum absolute atomic E-state index is 0.00285. The highest BCUT2D eigenvalue weighted by atomic mass is 16.5. The van der Waals surface area contributed by atoms with Gasteiger partial charge in [-0.1, -0.05) is 141 Å². The number of carbonyl (C=O) groups excluding carboxylic acids is 2. The summed E-state index contributed by atoms with van der Waals surface area (Å²) in [6.45, 7) is 3.99. The van der Waals surface area contributed by atoms with Crippen molar-refractivity contribution < 1.29 is 19.1 Å². The molecular weight excluding hydrogens is 472 g/mol. The quantitative estimate of drug-likeness (QED) is 0.0371. The van der Waals surface area contributed by atoms with Crippen LogP contribution in [0.1, 0.15) is 180 Å². The van der Waals surface area contributed by atoms with Crippen molar-refractivity contribution in [2.24, 2.45) is 0 Å². The summed E-state index contributed by atoms with van der Waals surface area (Å²) in [5.41, 5.74) is 0. The Morgan fingerprint density at radius 1 is 0.500 bits per heavy atom. The summed E-state index contributed by atoms with van der Waals surface area (Å²) in [6, 6.07) is 0. The molecule has 0 aromatic carbocycles. The number of hydrogen-bond donors (Lipinski definition) is 0. The molecule has 0 aliphatic carbocycles. The van der Waals surface area contributed by atoms with Gasteiger partial charge in [0.05, 0.1) is 13.2 Å². The topological polar surface area (TPSA) is 52.6 Å². The van der Waals surface area contributed by atoms with Gasteiger partial charge in [0.2, 0.25) is 0 Å². The zero-order chi connectivity index (χ0) is 27.6. The van der Waals surface area contributed by atoms with Crippen LogP contribution in [0.25, 0.3) is 0 Å². The SMILES string of the molecule is CCCCCCCCC=CCCCCCCCC(=O)OCCCCCCCCCCCCCCCOC=O. The second-order valence-electron chi connectivity index (χ2n) is 11.1. The van der Waals surface area contributed by atoms with Crippen LogP contribution >= 0.6 is 0 Å². The second kappa shape index (κ2) is 33.7. The van der Waals surface area contributed by atoms with Crippen LogP contribution in [-0.4, -0.2) is 25.7 Å². The molecule has 0 atom stereocenters. The average Bonchev–Trinajstić information content (AvgIpc) is 2.92. The molecule has 4 heteroatoms. The number of ether oxygens (including phenoxy) is 2. The molecule has 0 N–H and O–H groups in total. The van der Waals surface area contributed by atoms with Crippen LogP contribution in [0.3, 0.4) is 0 Å². The van der Waals surface area contributed by atoms with Gasteiger partial charge in [-0.25, -0.2) is 0 Å². The molecule has 0 fully saturated rings. The molecule has 0 saturated carbocycles. The summed E-state index contributed by atoms with van der Waals surface area (Å²) in [6.07, 6.45) is 38.1. The predicted octanol–water partition coefficient (Wildman–Crippen LogP) is 10.8. The first-order valence-corrected chi connectivity index (χ1v) is 16.7. The second-order valence-corrected chi connectivity index (χ2v) is 11.1. The lowest BCUT2D eigenvalue weighted by atomic mass is 10.0. The fourth-order valence-corrected chi connectivity index (χ4v) is 4.88. The molecule has 0 heterocycles. The Labute approximate surface area is 237 Å². The Bertz CT molecular complexity index is 503. The van der Waals surface area contributed by atoms with Crippen molar-refractivity contribution in [3.05, 3.63) is 12.2 Å². The highest BCUT2D eigenvalue weighted by Crippen LogP contribution is 2.13. The van der Waals surface area contributed by atoms with E-state index in [0.717, 1.165) is 25.7 Å². The maximum atomic E-state index is 11.9. The number of hydrogen-bond acceptors (Lipinski definition) is 4. The molecule has 0 rings (SSSR count). The summed E-state index contributed by atoms with van der Waals surface area (Å²) in [7, 11) is 0. The first kappa shape index (κ1) is 36.7. The molecule has 0 bridgehead atoms. The van der Waals surface area contributed by atoms with Gasteiger partial charge >= 0.3 is 5.97 Å². The monoisotopic (exact) mass is 536 g/mol. The Balaban J connectivity index is 3.19. The fraction of sp³-hybridized carbons (Fsp3) is 0.882. The highest BCUT2D eigenvalue weighted by molar-refractivity contribution is 5.69. The van der Waals surface area contributed by atoms with Crippen molar-refractivity contribution in [2.75, 3.05) is 13.2 Å². The van der Waals surface area contributed by atoms with E-state index in [1.807, 2.05) is 0 Å². The minimum Gasteiger partial charge on any atom is -0.468 e. The van der Waals surface area contributed by atoms with E-state index < -0.39 is 0 Å². The minimum atomic E-state index is -0.00285. The summed E-state index contributed by atoms with van der Waals surface area (Å²) in [4.78, 5) is 21.9. The number of esters is 1. The number of unbranched alkanes of at least 4 members (excludes halogenated alkanes) is 23. The Morgan fingerprint density at radius 3 is 1.37 bits per heavy atom. The van der Waals surface area contributed by atoms with Gasteiger partial charge in [-0.3, -0.25) is 9.59 Å². The standard InChI is InChI=1S/C34H64O4/c1-2-3-4-5-6-7-8-9-10-12-15-18-21-24-27-30-34(36)38-32-29-26-23-20-17-14-11-13-16-19-22-25-28-31-37-33-35/h9-10,33H,2-8,11-32H2,1H3. The van der Waals surface area contributed by atoms with Gasteiger partial charge in [-0.15, -0.1) is 0 Å². The summed E-state index contributed by atoms with van der Waals surface area (Å²) >= 11 is 0. The van der Waals surface area contributed by atoms with E-state index in [2.05, 4.69) is 19.1 Å². The molecule has 0 aliphatic rings. The lowest BCUT2D eigenvalue weighted by molar-refractivity contribution is -0.143. The number of allylic oxidation sites excluding steroid dienone is 2. The van der Waals surface area contributed by atoms with Crippen molar-refractivity contribution >= 4 is 12.4 Å². The maximum absolute atomic E-state index is 11.9. The average molecular weight is 537 g/mol. The normalized spacial score (nSPS) is 11.3. The molecule has 0 unspecified atom stereocenters. The van der Waals surface area contributed by atoms with Gasteiger partial charge in [0, 0.05) is 6.42 Å². The highest BCUT2D eigenvalue weighted by Gasteiger charge is 2.02. The van der Waals surface area contributed by atoms with Gasteiger partial charge in [0.15, 0.2) is 0 Å². The van der Waals surface area contributed by atoms with Crippen molar-refractivity contribution in [2.45, 2.75) is 180 Å². The van der Waals surface area contributed by atoms with Crippen LogP contribution in [0.5, 0.6) is 0 Å². The van der Waals surface area contributed by atoms with E-state index in [9.17, 15) is 9.59 Å². The molecule has 0 aliphatic heterocycles. The molecule has 4 nitrogen and oxygen atoms in total. The van der Waals surface area contributed by atoms with Crippen LogP contribution in [0, 0.1) is 0 Å². The van der Waals surface area contributed by atoms with Crippen LogP contribution in [0.15, 0.2) is 12.2 Å². The van der Waals surface area contributed by atoms with E-state index in [1.165, 1.54) is 141 Å². The van der Waals surface area contributed by atoms with E-state index in [0.29, 0.717) is 26.1 Å². The largest absolute Gasteiger partial charge is 0.468 e. The van der Waals surface area contributed by atoms with Gasteiger partial charge < -0.3 is 9.47 Å². The van der Waals surface area contributed by atoms with Crippen molar-refractivity contribution in [1.82, 2.24) is 0 Å². The van der Waals surface area contributed by atoms with E-state index in [1.54, 1.807) is 0 Å². The van der Waals surface area contributed by atoms with E-state index in [4.69, 9.17) is 9.47 Å². The fourth-order valence-electron chi connectivity index (χ4n) is 4.88. The molecule has 0 aromatic heterocycles. The maximum Gasteiger partial charge on any atom is 0.305 e. The Kier molecular flexibility index (Phi) is 32.5. The Morgan fingerprint density at radius 2 is 0.895 bits per heavy atom. The van der Waals surface area contributed by atoms with Gasteiger partial charge in [-0.05, 0) is 44.9 Å². The Hall–Kier alpha value is -1.32. The molecule has 0 amide bonds. The molecular formula is C34H64O4. The van der Waals surface area contributed by atoms with Crippen LogP contribution in [-0.2, 0) is 19.1 Å². The first-order chi connectivity index (χ1) is 18.8. The smallest absolute Gasteiger partial charge is 0.305 e. The van der Waals surface area contributed by atoms with Crippen LogP contribution < -0.4 is 0 Å². The predicted molar refractivity (Wildman–Crippen MR) is 162 cm³/mol. The zero-order valence-electron chi connectivity index (χ0n) is 25.4. The third-order valence-electron chi connectivity index (χ3n) is 7.38. The van der Waals surface area contributed by atoms with E-state index in [-0.39, 0.29) is 5.97 Å². The van der Waals surface area contributed by atoms with E-state index >= 15 is 0 Å². The number of rotatable bonds is 32. The molecule has 0 aromatic rings. The lowest BCUT2D eigenvalue weighted by Gasteiger charge is -2.05. The number of carbonyl (C=O) groups is 2. The molecule has 0 spiro atoms. The van der Waals surface area contributed by atoms with Crippen LogP contribution in [0.4, 0.5) is 0 Å². The molecule has 0 radical (unpaired) electrons. The third-order valence-corrected chi connectivity index (χ3v) is 7.38. The van der Waals surface area contributed by atoms with Crippen molar-refractivity contribution in [3.63, 3.8) is 0 Å². The van der Waals surface area contributed by atoms with Gasteiger partial charge in [0.1, 0.15) is 0 Å². The third kappa shape index (κ3) is 32.7. The van der Waals surface area contributed by atoms with Crippen molar-refractivity contribution in [1.29, 1.82) is 0 Å². The van der Waals surface area contributed by atoms with Crippen molar-refractivity contribution in [3.8, 4) is 0 Å². The first-order valence-electron chi connectivity index (χ1n) is 16.7. The molecule has 38 heavy (non-hydrogen) atoms. The summed E-state index contributed by atoms with van der Waals surface area (Å²) < 4.78 is 10.1. The van der Waals surface area contributed by atoms with Gasteiger partial charge in [0.25, 0.3) is 6.47 Å². The lowest BCUT2D eigenvalue weighted by Crippen LogP contribution is -2.05. The molecule has 224 valence electrons. The summed E-state index contributed by atoms with van der Waals surface area (Å²) in [5, 5.41) is 0. The zero-order valence-corrected chi connectivity index (χ0v) is 25.4. The van der Waals surface area contributed by atoms with Crippen LogP contribution in [0.2, 0.25) is 0 Å². The molecule has 0 saturated heterocycles. The van der Waals surface area contributed by atoms with Gasteiger partial charge in [-0.2, -0.15) is 0 Å².